The standard InChI is InChI=1S/C22H25ClN2O2.C6H4ClNO2/c23-20-13-10-18(15-22(20)25(26)27)21-7-4-14-24(21)19-11-8-17(9-12-19)16-5-2-1-3-6-16;7-5-3-1-2-4-6(5)8(9)10/h8-13,15-16,21H,1-7,14H2;1-4H. The number of nitro benzene ring substituents is 2. The van der Waals surface area contributed by atoms with E-state index in [1.807, 2.05) is 6.07 Å². The Labute approximate surface area is 226 Å². The van der Waals surface area contributed by atoms with E-state index in [2.05, 4.69) is 29.2 Å². The molecule has 37 heavy (non-hydrogen) atoms. The highest BCUT2D eigenvalue weighted by atomic mass is 35.5. The summed E-state index contributed by atoms with van der Waals surface area (Å²) in [6.45, 7) is 0.976. The molecule has 194 valence electrons. The smallest absolute Gasteiger partial charge is 0.288 e. The summed E-state index contributed by atoms with van der Waals surface area (Å²) < 4.78 is 0. The van der Waals surface area contributed by atoms with Crippen LogP contribution < -0.4 is 4.90 Å². The molecule has 0 radical (unpaired) electrons. The maximum absolute atomic E-state index is 11.2. The first kappa shape index (κ1) is 26.9. The van der Waals surface area contributed by atoms with E-state index in [-0.39, 0.29) is 27.5 Å². The summed E-state index contributed by atoms with van der Waals surface area (Å²) in [6, 6.07) is 20.5. The summed E-state index contributed by atoms with van der Waals surface area (Å²) in [5.41, 5.74) is 3.57. The number of nitrogens with zero attached hydrogens (tertiary/aromatic N) is 3. The van der Waals surface area contributed by atoms with Crippen molar-refractivity contribution in [2.24, 2.45) is 0 Å². The molecular formula is C28H29Cl2N3O4. The predicted octanol–water partition coefficient (Wildman–Crippen LogP) is 8.89. The number of anilines is 1. The second kappa shape index (κ2) is 12.4. The molecule has 1 atom stereocenters. The molecule has 2 fully saturated rings. The van der Waals surface area contributed by atoms with Crippen molar-refractivity contribution in [3.05, 3.63) is 108 Å². The number of hydrogen-bond acceptors (Lipinski definition) is 5. The average molecular weight is 542 g/mol. The van der Waals surface area contributed by atoms with E-state index in [1.54, 1.807) is 24.3 Å². The van der Waals surface area contributed by atoms with Crippen LogP contribution in [0.15, 0.2) is 66.7 Å². The topological polar surface area (TPSA) is 89.5 Å². The highest BCUT2D eigenvalue weighted by Gasteiger charge is 2.28. The summed E-state index contributed by atoms with van der Waals surface area (Å²) in [4.78, 5) is 22.8. The second-order valence-corrected chi connectivity index (χ2v) is 10.3. The fraction of sp³-hybridized carbons (Fsp3) is 0.357. The molecule has 7 nitrogen and oxygen atoms in total. The van der Waals surface area contributed by atoms with Crippen molar-refractivity contribution in [3.63, 3.8) is 0 Å². The first-order chi connectivity index (χ1) is 17.8. The molecule has 1 aliphatic carbocycles. The number of rotatable bonds is 5. The van der Waals surface area contributed by atoms with Crippen molar-refractivity contribution in [1.29, 1.82) is 0 Å². The first-order valence-electron chi connectivity index (χ1n) is 12.5. The molecule has 0 amide bonds. The lowest BCUT2D eigenvalue weighted by molar-refractivity contribution is -0.384. The third-order valence-electron chi connectivity index (χ3n) is 7.15. The highest BCUT2D eigenvalue weighted by molar-refractivity contribution is 6.32. The van der Waals surface area contributed by atoms with E-state index in [0.717, 1.165) is 24.9 Å². The summed E-state index contributed by atoms with van der Waals surface area (Å²) in [5, 5.41) is 21.8. The fourth-order valence-electron chi connectivity index (χ4n) is 5.27. The predicted molar refractivity (Wildman–Crippen MR) is 148 cm³/mol. The summed E-state index contributed by atoms with van der Waals surface area (Å²) in [7, 11) is 0. The van der Waals surface area contributed by atoms with Crippen LogP contribution >= 0.6 is 23.2 Å². The van der Waals surface area contributed by atoms with E-state index >= 15 is 0 Å². The number of halogens is 2. The van der Waals surface area contributed by atoms with Gasteiger partial charge in [-0.1, -0.05) is 72.8 Å². The molecule has 1 saturated carbocycles. The Hall–Kier alpha value is -3.16. The molecule has 3 aromatic carbocycles. The SMILES string of the molecule is O=[N+]([O-])c1cc(C2CCCN2c2ccc(C3CCCCC3)cc2)ccc1Cl.O=[N+]([O-])c1ccccc1Cl. The lowest BCUT2D eigenvalue weighted by Gasteiger charge is -2.28. The fourth-order valence-corrected chi connectivity index (χ4v) is 5.66. The zero-order valence-electron chi connectivity index (χ0n) is 20.4. The molecule has 1 saturated heterocycles. The summed E-state index contributed by atoms with van der Waals surface area (Å²) in [5.74, 6) is 0.709. The van der Waals surface area contributed by atoms with Crippen molar-refractivity contribution >= 4 is 40.3 Å². The van der Waals surface area contributed by atoms with Gasteiger partial charge >= 0.3 is 0 Å². The monoisotopic (exact) mass is 541 g/mol. The normalized spacial score (nSPS) is 17.7. The van der Waals surface area contributed by atoms with E-state index in [0.29, 0.717) is 5.92 Å². The van der Waals surface area contributed by atoms with Crippen molar-refractivity contribution in [1.82, 2.24) is 0 Å². The van der Waals surface area contributed by atoms with Gasteiger partial charge in [0.25, 0.3) is 11.4 Å². The molecule has 0 bridgehead atoms. The molecule has 1 heterocycles. The molecule has 2 aliphatic rings. The van der Waals surface area contributed by atoms with E-state index in [9.17, 15) is 20.2 Å². The molecule has 1 aliphatic heterocycles. The van der Waals surface area contributed by atoms with Gasteiger partial charge in [0.15, 0.2) is 0 Å². The van der Waals surface area contributed by atoms with Crippen LogP contribution in [0.4, 0.5) is 17.1 Å². The van der Waals surface area contributed by atoms with Crippen LogP contribution in [0.2, 0.25) is 10.0 Å². The average Bonchev–Trinajstić information content (AvgIpc) is 3.40. The van der Waals surface area contributed by atoms with Gasteiger partial charge in [0.05, 0.1) is 15.9 Å². The van der Waals surface area contributed by atoms with Gasteiger partial charge in [0.1, 0.15) is 10.0 Å². The third kappa shape index (κ3) is 6.59. The zero-order valence-corrected chi connectivity index (χ0v) is 21.9. The highest BCUT2D eigenvalue weighted by Crippen LogP contribution is 2.40. The molecule has 0 aromatic heterocycles. The van der Waals surface area contributed by atoms with Gasteiger partial charge in [-0.2, -0.15) is 0 Å². The van der Waals surface area contributed by atoms with Gasteiger partial charge < -0.3 is 4.90 Å². The Bertz CT molecular complexity index is 1250. The Morgan fingerprint density at radius 3 is 1.95 bits per heavy atom. The second-order valence-electron chi connectivity index (χ2n) is 9.45. The van der Waals surface area contributed by atoms with Crippen LogP contribution in [0.25, 0.3) is 0 Å². The van der Waals surface area contributed by atoms with Crippen LogP contribution in [-0.2, 0) is 0 Å². The minimum absolute atomic E-state index is 0.00587. The molecule has 9 heteroatoms. The maximum atomic E-state index is 11.2. The first-order valence-corrected chi connectivity index (χ1v) is 13.3. The molecule has 5 rings (SSSR count). The summed E-state index contributed by atoms with van der Waals surface area (Å²) >= 11 is 11.5. The van der Waals surface area contributed by atoms with E-state index < -0.39 is 9.85 Å². The molecule has 3 aromatic rings. The maximum Gasteiger partial charge on any atom is 0.288 e. The Balaban J connectivity index is 0.000000270. The van der Waals surface area contributed by atoms with Crippen LogP contribution in [0, 0.1) is 20.2 Å². The van der Waals surface area contributed by atoms with Crippen LogP contribution in [0.1, 0.15) is 68.0 Å². The molecular weight excluding hydrogens is 513 g/mol. The largest absolute Gasteiger partial charge is 0.364 e. The van der Waals surface area contributed by atoms with Crippen LogP contribution in [-0.4, -0.2) is 16.4 Å². The summed E-state index contributed by atoms with van der Waals surface area (Å²) in [6.07, 6.45) is 8.76. The van der Waals surface area contributed by atoms with Crippen molar-refractivity contribution in [2.45, 2.75) is 56.9 Å². The minimum Gasteiger partial charge on any atom is -0.364 e. The third-order valence-corrected chi connectivity index (χ3v) is 7.79. The van der Waals surface area contributed by atoms with Crippen molar-refractivity contribution < 1.29 is 9.85 Å². The minimum atomic E-state index is -0.512. The van der Waals surface area contributed by atoms with Crippen molar-refractivity contribution in [3.8, 4) is 0 Å². The Morgan fingerprint density at radius 2 is 1.32 bits per heavy atom. The molecule has 0 N–H and O–H groups in total. The number of benzene rings is 3. The number of para-hydroxylation sites is 1. The van der Waals surface area contributed by atoms with Gasteiger partial charge in [-0.3, -0.25) is 20.2 Å². The zero-order chi connectivity index (χ0) is 26.4. The van der Waals surface area contributed by atoms with Crippen LogP contribution in [0.5, 0.6) is 0 Å². The lowest BCUT2D eigenvalue weighted by Crippen LogP contribution is -2.22. The molecule has 0 spiro atoms. The quantitative estimate of drug-likeness (QED) is 0.237. The molecule has 1 unspecified atom stereocenters. The Kier molecular flexibility index (Phi) is 9.00. The van der Waals surface area contributed by atoms with E-state index in [1.165, 1.54) is 55.5 Å². The van der Waals surface area contributed by atoms with Gasteiger partial charge in [-0.25, -0.2) is 0 Å². The van der Waals surface area contributed by atoms with Gasteiger partial charge in [-0.15, -0.1) is 0 Å². The Morgan fingerprint density at radius 1 is 0.703 bits per heavy atom. The lowest BCUT2D eigenvalue weighted by atomic mass is 9.84. The number of hydrogen-bond donors (Lipinski definition) is 0. The van der Waals surface area contributed by atoms with Crippen LogP contribution in [0.3, 0.4) is 0 Å². The van der Waals surface area contributed by atoms with Gasteiger partial charge in [-0.05, 0) is 67.0 Å². The van der Waals surface area contributed by atoms with Crippen molar-refractivity contribution in [2.75, 3.05) is 11.4 Å². The van der Waals surface area contributed by atoms with Gasteiger partial charge in [0, 0.05) is 24.4 Å². The van der Waals surface area contributed by atoms with E-state index in [4.69, 9.17) is 23.2 Å². The van der Waals surface area contributed by atoms with Gasteiger partial charge in [0.2, 0.25) is 0 Å². The number of nitro groups is 2.